The van der Waals surface area contributed by atoms with E-state index in [2.05, 4.69) is 25.9 Å². The van der Waals surface area contributed by atoms with Gasteiger partial charge in [0, 0.05) is 15.7 Å². The van der Waals surface area contributed by atoms with Crippen molar-refractivity contribution in [2.75, 3.05) is 0 Å². The maximum atomic E-state index is 5.22. The van der Waals surface area contributed by atoms with Gasteiger partial charge in [0.25, 0.3) is 0 Å². The molecular formula is C13H11BrN2S. The van der Waals surface area contributed by atoms with E-state index in [0.29, 0.717) is 10.6 Å². The Bertz CT molecular complexity index is 617. The first-order valence-electron chi connectivity index (χ1n) is 5.59. The molecule has 1 aliphatic carbocycles. The van der Waals surface area contributed by atoms with E-state index in [1.165, 1.54) is 18.5 Å². The van der Waals surface area contributed by atoms with Crippen LogP contribution in [0.3, 0.4) is 0 Å². The van der Waals surface area contributed by atoms with Crippen LogP contribution in [0.4, 0.5) is 0 Å². The third-order valence-corrected chi connectivity index (χ3v) is 3.58. The van der Waals surface area contributed by atoms with Crippen LogP contribution in [0.2, 0.25) is 0 Å². The van der Waals surface area contributed by atoms with E-state index in [-0.39, 0.29) is 0 Å². The molecule has 17 heavy (non-hydrogen) atoms. The fourth-order valence-electron chi connectivity index (χ4n) is 1.86. The number of hydrogen-bond donors (Lipinski definition) is 1. The van der Waals surface area contributed by atoms with Crippen LogP contribution >= 0.6 is 28.1 Å². The Kier molecular flexibility index (Phi) is 2.84. The smallest absolute Gasteiger partial charge is 0.139 e. The lowest BCUT2D eigenvalue weighted by Crippen LogP contribution is -1.94. The van der Waals surface area contributed by atoms with Crippen LogP contribution in [-0.2, 0) is 0 Å². The van der Waals surface area contributed by atoms with E-state index in [4.69, 9.17) is 12.2 Å². The van der Waals surface area contributed by atoms with Gasteiger partial charge in [0.1, 0.15) is 10.5 Å². The highest BCUT2D eigenvalue weighted by molar-refractivity contribution is 9.10. The third-order valence-electron chi connectivity index (χ3n) is 2.88. The summed E-state index contributed by atoms with van der Waals surface area (Å²) >= 11 is 8.69. The van der Waals surface area contributed by atoms with Gasteiger partial charge in [0.05, 0.1) is 0 Å². The maximum absolute atomic E-state index is 5.22. The summed E-state index contributed by atoms with van der Waals surface area (Å²) in [6, 6.07) is 10.1. The van der Waals surface area contributed by atoms with Gasteiger partial charge in [-0.25, -0.2) is 4.98 Å². The van der Waals surface area contributed by atoms with Gasteiger partial charge in [-0.2, -0.15) is 0 Å². The molecule has 0 radical (unpaired) electrons. The van der Waals surface area contributed by atoms with E-state index in [9.17, 15) is 0 Å². The molecule has 0 aliphatic heterocycles. The standard InChI is InChI=1S/C13H11BrN2S/c14-10-3-1-2-9(6-10)13-15-11(8-4-5-8)7-12(17)16-13/h1-3,6-8H,4-5H2,(H,15,16,17). The fourth-order valence-corrected chi connectivity index (χ4v) is 2.48. The van der Waals surface area contributed by atoms with E-state index in [1.54, 1.807) is 0 Å². The van der Waals surface area contributed by atoms with Crippen molar-refractivity contribution in [2.45, 2.75) is 18.8 Å². The zero-order valence-electron chi connectivity index (χ0n) is 9.11. The average Bonchev–Trinajstić information content (AvgIpc) is 3.12. The first-order chi connectivity index (χ1) is 8.22. The van der Waals surface area contributed by atoms with Crippen LogP contribution in [0.25, 0.3) is 11.4 Å². The fraction of sp³-hybridized carbons (Fsp3) is 0.231. The van der Waals surface area contributed by atoms with Gasteiger partial charge < -0.3 is 4.98 Å². The van der Waals surface area contributed by atoms with Crippen LogP contribution in [0.5, 0.6) is 0 Å². The summed E-state index contributed by atoms with van der Waals surface area (Å²) in [5.41, 5.74) is 2.29. The SMILES string of the molecule is S=c1cc(C2CC2)[nH]c(-c2cccc(Br)c2)n1. The van der Waals surface area contributed by atoms with E-state index < -0.39 is 0 Å². The number of aromatic nitrogens is 2. The number of hydrogen-bond acceptors (Lipinski definition) is 2. The van der Waals surface area contributed by atoms with E-state index in [1.807, 2.05) is 30.3 Å². The van der Waals surface area contributed by atoms with Crippen molar-refractivity contribution < 1.29 is 0 Å². The summed E-state index contributed by atoms with van der Waals surface area (Å²) in [4.78, 5) is 7.79. The van der Waals surface area contributed by atoms with Gasteiger partial charge in [0.2, 0.25) is 0 Å². The van der Waals surface area contributed by atoms with Crippen molar-refractivity contribution >= 4 is 28.1 Å². The van der Waals surface area contributed by atoms with Crippen LogP contribution in [0, 0.1) is 4.64 Å². The van der Waals surface area contributed by atoms with Crippen molar-refractivity contribution in [1.29, 1.82) is 0 Å². The molecule has 1 aromatic heterocycles. The quantitative estimate of drug-likeness (QED) is 0.831. The number of nitrogens with one attached hydrogen (secondary N) is 1. The second kappa shape index (κ2) is 4.35. The molecule has 2 aromatic rings. The zero-order chi connectivity index (χ0) is 11.8. The van der Waals surface area contributed by atoms with Gasteiger partial charge in [-0.15, -0.1) is 0 Å². The number of rotatable bonds is 2. The summed E-state index contributed by atoms with van der Waals surface area (Å²) in [6.07, 6.45) is 2.51. The molecule has 1 N–H and O–H groups in total. The average molecular weight is 307 g/mol. The highest BCUT2D eigenvalue weighted by atomic mass is 79.9. The Morgan fingerprint density at radius 1 is 1.29 bits per heavy atom. The van der Waals surface area contributed by atoms with Crippen LogP contribution in [-0.4, -0.2) is 9.97 Å². The molecule has 4 heteroatoms. The highest BCUT2D eigenvalue weighted by Crippen LogP contribution is 2.39. The molecule has 0 bridgehead atoms. The number of benzene rings is 1. The number of aromatic amines is 1. The summed E-state index contributed by atoms with van der Waals surface area (Å²) in [6.45, 7) is 0. The Hall–Kier alpha value is -1.00. The summed E-state index contributed by atoms with van der Waals surface area (Å²) in [5.74, 6) is 1.52. The first kappa shape index (κ1) is 11.1. The molecule has 1 fully saturated rings. The Labute approximate surface area is 113 Å². The molecule has 0 atom stereocenters. The summed E-state index contributed by atoms with van der Waals surface area (Å²) < 4.78 is 1.72. The predicted molar refractivity (Wildman–Crippen MR) is 74.5 cm³/mol. The second-order valence-corrected chi connectivity index (χ2v) is 5.64. The largest absolute Gasteiger partial charge is 0.343 e. The van der Waals surface area contributed by atoms with Crippen molar-refractivity contribution in [1.82, 2.24) is 9.97 Å². The minimum atomic E-state index is 0.658. The molecule has 1 aromatic carbocycles. The zero-order valence-corrected chi connectivity index (χ0v) is 11.5. The van der Waals surface area contributed by atoms with E-state index >= 15 is 0 Å². The Balaban J connectivity index is 2.10. The maximum Gasteiger partial charge on any atom is 0.139 e. The topological polar surface area (TPSA) is 28.7 Å². The van der Waals surface area contributed by atoms with E-state index in [0.717, 1.165) is 15.9 Å². The highest BCUT2D eigenvalue weighted by Gasteiger charge is 2.24. The lowest BCUT2D eigenvalue weighted by molar-refractivity contribution is 0.988. The predicted octanol–water partition coefficient (Wildman–Crippen LogP) is 4.45. The summed E-state index contributed by atoms with van der Waals surface area (Å²) in [7, 11) is 0. The molecule has 0 spiro atoms. The molecule has 0 saturated heterocycles. The molecular weight excluding hydrogens is 296 g/mol. The van der Waals surface area contributed by atoms with Gasteiger partial charge >= 0.3 is 0 Å². The lowest BCUT2D eigenvalue weighted by Gasteiger charge is -2.05. The third kappa shape index (κ3) is 2.48. The number of nitrogens with zero attached hydrogens (tertiary/aromatic N) is 1. The number of halogens is 1. The first-order valence-corrected chi connectivity index (χ1v) is 6.80. The molecule has 1 aliphatic rings. The van der Waals surface area contributed by atoms with Crippen molar-refractivity contribution in [3.8, 4) is 11.4 Å². The van der Waals surface area contributed by atoms with Gasteiger partial charge in [-0.3, -0.25) is 0 Å². The lowest BCUT2D eigenvalue weighted by atomic mass is 10.2. The normalized spacial score (nSPS) is 14.9. The van der Waals surface area contributed by atoms with Crippen LogP contribution < -0.4 is 0 Å². The minimum Gasteiger partial charge on any atom is -0.343 e. The van der Waals surface area contributed by atoms with Gasteiger partial charge in [0.15, 0.2) is 0 Å². The molecule has 0 amide bonds. The van der Waals surface area contributed by atoms with Crippen molar-refractivity contribution in [3.63, 3.8) is 0 Å². The molecule has 1 saturated carbocycles. The van der Waals surface area contributed by atoms with Crippen LogP contribution in [0.1, 0.15) is 24.5 Å². The minimum absolute atomic E-state index is 0.658. The van der Waals surface area contributed by atoms with Crippen molar-refractivity contribution in [2.24, 2.45) is 0 Å². The van der Waals surface area contributed by atoms with Gasteiger partial charge in [-0.05, 0) is 37.0 Å². The molecule has 86 valence electrons. The van der Waals surface area contributed by atoms with Crippen molar-refractivity contribution in [3.05, 3.63) is 45.1 Å². The molecule has 3 rings (SSSR count). The Morgan fingerprint density at radius 3 is 2.82 bits per heavy atom. The molecule has 2 nitrogen and oxygen atoms in total. The monoisotopic (exact) mass is 306 g/mol. The number of H-pyrrole nitrogens is 1. The second-order valence-electron chi connectivity index (χ2n) is 4.31. The Morgan fingerprint density at radius 2 is 2.12 bits per heavy atom. The summed E-state index contributed by atoms with van der Waals surface area (Å²) in [5, 5.41) is 0. The van der Waals surface area contributed by atoms with Crippen LogP contribution in [0.15, 0.2) is 34.8 Å². The molecule has 1 heterocycles. The molecule has 0 unspecified atom stereocenters. The van der Waals surface area contributed by atoms with Gasteiger partial charge in [-0.1, -0.05) is 40.3 Å².